The topological polar surface area (TPSA) is 118 Å². The van der Waals surface area contributed by atoms with Crippen LogP contribution < -0.4 is 0 Å². The maximum atomic E-state index is 11.0. The fraction of sp³-hybridized carbons (Fsp3) is 1.00. The second-order valence-corrected chi connectivity index (χ2v) is 8.38. The van der Waals surface area contributed by atoms with Crippen LogP contribution in [0, 0.1) is 0 Å². The highest BCUT2D eigenvalue weighted by molar-refractivity contribution is 7.86. The van der Waals surface area contributed by atoms with Gasteiger partial charge in [0.05, 0.1) is 10.5 Å². The average molecular weight is 346 g/mol. The summed E-state index contributed by atoms with van der Waals surface area (Å²) in [6.45, 7) is 4.10. The molecule has 0 saturated heterocycles. The lowest BCUT2D eigenvalue weighted by atomic mass is 10.2. The third-order valence-corrected chi connectivity index (χ3v) is 6.21. The van der Waals surface area contributed by atoms with Gasteiger partial charge in [0.1, 0.15) is 0 Å². The first kappa shape index (κ1) is 20.8. The molecule has 2 unspecified atom stereocenters. The van der Waals surface area contributed by atoms with Crippen molar-refractivity contribution < 1.29 is 30.7 Å². The van der Waals surface area contributed by atoms with Crippen LogP contribution in [-0.2, 0) is 25.0 Å². The smallest absolute Gasteiger partial charge is 0.267 e. The van der Waals surface area contributed by atoms with Gasteiger partial charge in [0.2, 0.25) is 0 Å². The quantitative estimate of drug-likeness (QED) is 0.409. The van der Waals surface area contributed by atoms with Crippen molar-refractivity contribution in [3.05, 3.63) is 0 Å². The molecule has 0 saturated carbocycles. The van der Waals surface area contributed by atoms with E-state index in [0.717, 1.165) is 0 Å². The molecule has 0 aromatic heterocycles. The van der Waals surface area contributed by atoms with Gasteiger partial charge >= 0.3 is 0 Å². The van der Waals surface area contributed by atoms with Crippen molar-refractivity contribution in [3.63, 3.8) is 0 Å². The van der Waals surface area contributed by atoms with Gasteiger partial charge in [-0.05, 0) is 38.5 Å². The molecule has 0 aromatic carbocycles. The van der Waals surface area contributed by atoms with Crippen LogP contribution in [0.4, 0.5) is 0 Å². The predicted octanol–water partition coefficient (Wildman–Crippen LogP) is 1.90. The van der Waals surface area contributed by atoms with Crippen LogP contribution in [0.15, 0.2) is 0 Å². The molecule has 7 nitrogen and oxygen atoms in total. The lowest BCUT2D eigenvalue weighted by Gasteiger charge is -2.12. The summed E-state index contributed by atoms with van der Waals surface area (Å²) < 4.78 is 67.0. The highest BCUT2D eigenvalue weighted by Gasteiger charge is 2.21. The van der Waals surface area contributed by atoms with Gasteiger partial charge < -0.3 is 4.74 Å². The van der Waals surface area contributed by atoms with Crippen molar-refractivity contribution in [3.8, 4) is 0 Å². The average Bonchev–Trinajstić information content (AvgIpc) is 2.34. The van der Waals surface area contributed by atoms with E-state index in [2.05, 4.69) is 0 Å². The van der Waals surface area contributed by atoms with E-state index < -0.39 is 30.7 Å². The predicted molar refractivity (Wildman–Crippen MR) is 80.5 cm³/mol. The van der Waals surface area contributed by atoms with Gasteiger partial charge in [0.25, 0.3) is 20.2 Å². The van der Waals surface area contributed by atoms with E-state index in [1.54, 1.807) is 13.8 Å². The first-order valence-electron chi connectivity index (χ1n) is 7.13. The second kappa shape index (κ2) is 9.73. The summed E-state index contributed by atoms with van der Waals surface area (Å²) in [5.74, 6) is 0. The minimum atomic E-state index is -3.99. The Hall–Kier alpha value is -0.220. The molecule has 0 bridgehead atoms. The Labute approximate surface area is 127 Å². The first-order chi connectivity index (χ1) is 9.62. The summed E-state index contributed by atoms with van der Waals surface area (Å²) in [4.78, 5) is 0. The molecule has 9 heteroatoms. The van der Waals surface area contributed by atoms with Crippen LogP contribution in [-0.4, -0.2) is 49.7 Å². The first-order valence-corrected chi connectivity index (χ1v) is 10.1. The van der Waals surface area contributed by atoms with Gasteiger partial charge in [0.15, 0.2) is 0 Å². The molecule has 0 aliphatic carbocycles. The maximum absolute atomic E-state index is 11.0. The standard InChI is InChI=1S/C12H26O7S2/c1-3-11(20(13,14)15)7-5-9-19-10-6-8-12(4-2)21(16,17)18/h11-12H,3-10H2,1-2H3,(H,13,14,15)(H,16,17,18). The molecule has 0 spiro atoms. The molecular formula is C12H26O7S2. The second-order valence-electron chi connectivity index (χ2n) is 4.99. The third kappa shape index (κ3) is 9.41. The molecule has 0 rings (SSSR count). The minimum absolute atomic E-state index is 0.331. The molecule has 0 aliphatic heterocycles. The Kier molecular flexibility index (Phi) is 9.63. The van der Waals surface area contributed by atoms with E-state index in [4.69, 9.17) is 13.8 Å². The monoisotopic (exact) mass is 346 g/mol. The minimum Gasteiger partial charge on any atom is -0.381 e. The highest BCUT2D eigenvalue weighted by Crippen LogP contribution is 2.13. The van der Waals surface area contributed by atoms with Gasteiger partial charge in [0, 0.05) is 13.2 Å². The van der Waals surface area contributed by atoms with Crippen molar-refractivity contribution in [2.75, 3.05) is 13.2 Å². The molecule has 128 valence electrons. The van der Waals surface area contributed by atoms with Gasteiger partial charge in [-0.1, -0.05) is 13.8 Å². The van der Waals surface area contributed by atoms with Crippen LogP contribution in [0.5, 0.6) is 0 Å². The number of ether oxygens (including phenoxy) is 1. The van der Waals surface area contributed by atoms with Crippen LogP contribution in [0.2, 0.25) is 0 Å². The molecule has 0 aromatic rings. The fourth-order valence-electron chi connectivity index (χ4n) is 2.06. The van der Waals surface area contributed by atoms with Crippen LogP contribution >= 0.6 is 0 Å². The Bertz CT molecular complexity index is 426. The maximum Gasteiger partial charge on any atom is 0.267 e. The number of hydrogen-bond donors (Lipinski definition) is 2. The zero-order valence-corrected chi connectivity index (χ0v) is 14.2. The molecule has 2 atom stereocenters. The van der Waals surface area contributed by atoms with E-state index in [1.165, 1.54) is 0 Å². The van der Waals surface area contributed by atoms with Gasteiger partial charge in [-0.3, -0.25) is 9.11 Å². The highest BCUT2D eigenvalue weighted by atomic mass is 32.2. The SMILES string of the molecule is CCC(CCCOCCCC(CC)S(=O)(=O)O)S(=O)(=O)O. The van der Waals surface area contributed by atoms with E-state index in [-0.39, 0.29) is 0 Å². The lowest BCUT2D eigenvalue weighted by molar-refractivity contribution is 0.126. The van der Waals surface area contributed by atoms with Crippen molar-refractivity contribution in [1.29, 1.82) is 0 Å². The van der Waals surface area contributed by atoms with Crippen LogP contribution in [0.3, 0.4) is 0 Å². The Morgan fingerprint density at radius 2 is 1.14 bits per heavy atom. The molecular weight excluding hydrogens is 320 g/mol. The third-order valence-electron chi connectivity index (χ3n) is 3.38. The molecule has 21 heavy (non-hydrogen) atoms. The molecule has 0 fully saturated rings. The summed E-state index contributed by atoms with van der Waals surface area (Å²) in [6.07, 6.45) is 2.38. The van der Waals surface area contributed by atoms with E-state index >= 15 is 0 Å². The summed E-state index contributed by atoms with van der Waals surface area (Å²) in [7, 11) is -7.99. The van der Waals surface area contributed by atoms with Crippen molar-refractivity contribution in [2.45, 2.75) is 62.9 Å². The van der Waals surface area contributed by atoms with E-state index in [9.17, 15) is 16.8 Å². The van der Waals surface area contributed by atoms with Gasteiger partial charge in [-0.2, -0.15) is 16.8 Å². The fourth-order valence-corrected chi connectivity index (χ4v) is 3.83. The Balaban J connectivity index is 3.79. The van der Waals surface area contributed by atoms with Crippen LogP contribution in [0.1, 0.15) is 52.4 Å². The Morgan fingerprint density at radius 1 is 0.810 bits per heavy atom. The van der Waals surface area contributed by atoms with E-state index in [0.29, 0.717) is 51.7 Å². The van der Waals surface area contributed by atoms with E-state index in [1.807, 2.05) is 0 Å². The van der Waals surface area contributed by atoms with Crippen molar-refractivity contribution >= 4 is 20.2 Å². The molecule has 2 N–H and O–H groups in total. The van der Waals surface area contributed by atoms with Gasteiger partial charge in [-0.25, -0.2) is 0 Å². The largest absolute Gasteiger partial charge is 0.381 e. The van der Waals surface area contributed by atoms with Gasteiger partial charge in [-0.15, -0.1) is 0 Å². The Morgan fingerprint density at radius 3 is 1.38 bits per heavy atom. The summed E-state index contributed by atoms with van der Waals surface area (Å²) in [5.41, 5.74) is 0. The summed E-state index contributed by atoms with van der Waals surface area (Å²) in [6, 6.07) is 0. The lowest BCUT2D eigenvalue weighted by Crippen LogP contribution is -2.20. The molecule has 0 heterocycles. The summed E-state index contributed by atoms with van der Waals surface area (Å²) >= 11 is 0. The number of rotatable bonds is 12. The molecule has 0 radical (unpaired) electrons. The zero-order chi connectivity index (χ0) is 16.5. The molecule has 0 amide bonds. The normalized spacial score (nSPS) is 15.8. The molecule has 0 aliphatic rings. The summed E-state index contributed by atoms with van der Waals surface area (Å²) in [5, 5.41) is -1.52. The zero-order valence-electron chi connectivity index (χ0n) is 12.6. The van der Waals surface area contributed by atoms with Crippen molar-refractivity contribution in [1.82, 2.24) is 0 Å². The van der Waals surface area contributed by atoms with Crippen LogP contribution in [0.25, 0.3) is 0 Å². The van der Waals surface area contributed by atoms with Crippen molar-refractivity contribution in [2.24, 2.45) is 0 Å². The number of hydrogen-bond acceptors (Lipinski definition) is 5.